The molecule has 2 N–H and O–H groups in total. The standard InChI is InChI=1S/C4H6O4.C3H6O3S.Na/c5-3(6)1-2-4(7)8;1-2-3-6-7(4)5;/h1-2H2,(H,5,6)(H,7,8);2H,1,3H2,(H,4,5);/q;;+1/p-1. The second-order valence-electron chi connectivity index (χ2n) is 2.06. The predicted molar refractivity (Wildman–Crippen MR) is 49.6 cm³/mol. The van der Waals surface area contributed by atoms with E-state index in [1.807, 2.05) is 0 Å². The summed E-state index contributed by atoms with van der Waals surface area (Å²) in [5.74, 6) is -2.15. The summed E-state index contributed by atoms with van der Waals surface area (Å²) in [5, 5.41) is 15.8. The minimum Gasteiger partial charge on any atom is -0.750 e. The molecule has 0 heterocycles. The molecule has 0 amide bonds. The molecule has 1 atom stereocenters. The van der Waals surface area contributed by atoms with E-state index in [4.69, 9.17) is 10.2 Å². The third-order valence-electron chi connectivity index (χ3n) is 0.835. The van der Waals surface area contributed by atoms with Crippen molar-refractivity contribution in [1.82, 2.24) is 0 Å². The molecule has 7 nitrogen and oxygen atoms in total. The molecule has 1 unspecified atom stereocenters. The van der Waals surface area contributed by atoms with Crippen molar-refractivity contribution in [2.24, 2.45) is 0 Å². The van der Waals surface area contributed by atoms with Gasteiger partial charge in [0, 0.05) is 0 Å². The van der Waals surface area contributed by atoms with Gasteiger partial charge in [0.15, 0.2) is 0 Å². The molecule has 0 bridgehead atoms. The minimum atomic E-state index is -2.39. The molecule has 0 fully saturated rings. The van der Waals surface area contributed by atoms with E-state index in [1.165, 1.54) is 6.08 Å². The first-order chi connectivity index (χ1) is 6.90. The first-order valence-corrected chi connectivity index (χ1v) is 4.67. The molecule has 0 aromatic rings. The van der Waals surface area contributed by atoms with Crippen LogP contribution in [0.1, 0.15) is 12.8 Å². The summed E-state index contributed by atoms with van der Waals surface area (Å²) in [6, 6.07) is 0. The first kappa shape index (κ1) is 21.1. The monoisotopic (exact) mass is 262 g/mol. The van der Waals surface area contributed by atoms with Crippen LogP contribution >= 0.6 is 0 Å². The SMILES string of the molecule is C=CCOS(=O)[O-].O=C(O)CCC(=O)O.[Na+]. The Hall–Kier alpha value is -0.250. The van der Waals surface area contributed by atoms with Crippen LogP contribution in [0.5, 0.6) is 0 Å². The zero-order valence-electron chi connectivity index (χ0n) is 8.75. The molecule has 0 aromatic heterocycles. The van der Waals surface area contributed by atoms with Crippen molar-refractivity contribution in [3.05, 3.63) is 12.7 Å². The largest absolute Gasteiger partial charge is 1.00 e. The van der Waals surface area contributed by atoms with Crippen LogP contribution in [0.3, 0.4) is 0 Å². The van der Waals surface area contributed by atoms with Gasteiger partial charge in [-0.1, -0.05) is 6.08 Å². The zero-order chi connectivity index (χ0) is 12.3. The average Bonchev–Trinajstić information content (AvgIpc) is 2.12. The van der Waals surface area contributed by atoms with Crippen molar-refractivity contribution in [3.63, 3.8) is 0 Å². The van der Waals surface area contributed by atoms with Gasteiger partial charge in [0.25, 0.3) is 0 Å². The Morgan fingerprint density at radius 1 is 1.31 bits per heavy atom. The maximum absolute atomic E-state index is 9.64. The Labute approximate surface area is 117 Å². The molecule has 16 heavy (non-hydrogen) atoms. The molecule has 0 aliphatic rings. The molecule has 0 radical (unpaired) electrons. The Bertz CT molecular complexity index is 229. The summed E-state index contributed by atoms with van der Waals surface area (Å²) < 4.78 is 23.0. The van der Waals surface area contributed by atoms with Gasteiger partial charge in [0.1, 0.15) is 0 Å². The van der Waals surface area contributed by atoms with E-state index in [2.05, 4.69) is 10.8 Å². The second kappa shape index (κ2) is 14.8. The van der Waals surface area contributed by atoms with E-state index in [-0.39, 0.29) is 49.0 Å². The molecule has 88 valence electrons. The predicted octanol–water partition coefficient (Wildman–Crippen LogP) is -3.08. The van der Waals surface area contributed by atoms with E-state index in [9.17, 15) is 18.4 Å². The summed E-state index contributed by atoms with van der Waals surface area (Å²) in [6.45, 7) is 3.29. The minimum absolute atomic E-state index is 0. The molecule has 0 aliphatic heterocycles. The van der Waals surface area contributed by atoms with Gasteiger partial charge in [-0.25, -0.2) is 4.21 Å². The van der Waals surface area contributed by atoms with Gasteiger partial charge in [0.05, 0.1) is 30.8 Å². The van der Waals surface area contributed by atoms with Gasteiger partial charge < -0.3 is 14.8 Å². The maximum atomic E-state index is 9.64. The van der Waals surface area contributed by atoms with Crippen LogP contribution in [0.25, 0.3) is 0 Å². The third-order valence-corrected chi connectivity index (χ3v) is 1.16. The van der Waals surface area contributed by atoms with Crippen LogP contribution in [-0.2, 0) is 25.1 Å². The van der Waals surface area contributed by atoms with Crippen LogP contribution in [0.15, 0.2) is 12.7 Å². The summed E-state index contributed by atoms with van der Waals surface area (Å²) in [6.07, 6.45) is 0.764. The third kappa shape index (κ3) is 29.2. The van der Waals surface area contributed by atoms with Crippen molar-refractivity contribution < 1.29 is 62.3 Å². The van der Waals surface area contributed by atoms with Crippen molar-refractivity contribution in [2.45, 2.75) is 12.8 Å². The van der Waals surface area contributed by atoms with Gasteiger partial charge in [0.2, 0.25) is 0 Å². The molecule has 0 spiro atoms. The summed E-state index contributed by atoms with van der Waals surface area (Å²) in [7, 11) is 0. The van der Waals surface area contributed by atoms with E-state index >= 15 is 0 Å². The molecule has 0 saturated heterocycles. The smallest absolute Gasteiger partial charge is 0.750 e. The van der Waals surface area contributed by atoms with Crippen LogP contribution in [0.2, 0.25) is 0 Å². The normalized spacial score (nSPS) is 10.1. The number of carbonyl (C=O) groups is 2. The fraction of sp³-hybridized carbons (Fsp3) is 0.429. The molecule has 0 aromatic carbocycles. The quantitative estimate of drug-likeness (QED) is 0.295. The maximum Gasteiger partial charge on any atom is 1.00 e. The van der Waals surface area contributed by atoms with Crippen LogP contribution < -0.4 is 29.6 Å². The molecular weight excluding hydrogens is 251 g/mol. The number of hydrogen-bond donors (Lipinski definition) is 2. The van der Waals surface area contributed by atoms with Gasteiger partial charge in [-0.15, -0.1) is 6.58 Å². The Morgan fingerprint density at radius 2 is 1.69 bits per heavy atom. The molecular formula is C7H11NaO7S. The Morgan fingerprint density at radius 3 is 1.81 bits per heavy atom. The fourth-order valence-electron chi connectivity index (χ4n) is 0.318. The molecule has 0 saturated carbocycles. The number of carboxylic acids is 2. The van der Waals surface area contributed by atoms with Crippen molar-refractivity contribution in [3.8, 4) is 0 Å². The Balaban J connectivity index is -0.000000200. The fourth-order valence-corrected chi connectivity index (χ4v) is 0.525. The van der Waals surface area contributed by atoms with Gasteiger partial charge in [-0.3, -0.25) is 13.8 Å². The summed E-state index contributed by atoms with van der Waals surface area (Å²) in [5.41, 5.74) is 0. The van der Waals surface area contributed by atoms with Crippen molar-refractivity contribution in [2.75, 3.05) is 6.61 Å². The van der Waals surface area contributed by atoms with Crippen molar-refractivity contribution in [1.29, 1.82) is 0 Å². The number of rotatable bonds is 6. The van der Waals surface area contributed by atoms with Gasteiger partial charge in [-0.2, -0.15) is 0 Å². The summed E-state index contributed by atoms with van der Waals surface area (Å²) >= 11 is -2.39. The first-order valence-electron chi connectivity index (χ1n) is 3.67. The van der Waals surface area contributed by atoms with Gasteiger partial charge >= 0.3 is 41.5 Å². The van der Waals surface area contributed by atoms with Crippen LogP contribution in [0.4, 0.5) is 0 Å². The topological polar surface area (TPSA) is 124 Å². The van der Waals surface area contributed by atoms with E-state index in [0.717, 1.165) is 0 Å². The van der Waals surface area contributed by atoms with E-state index < -0.39 is 23.3 Å². The van der Waals surface area contributed by atoms with Gasteiger partial charge in [-0.05, 0) is 0 Å². The number of carboxylic acid groups (broad SMARTS) is 2. The molecule has 0 aliphatic carbocycles. The average molecular weight is 262 g/mol. The van der Waals surface area contributed by atoms with Crippen LogP contribution in [0, 0.1) is 0 Å². The molecule has 9 heteroatoms. The second-order valence-corrected chi connectivity index (χ2v) is 2.71. The number of hydrogen-bond acceptors (Lipinski definition) is 5. The van der Waals surface area contributed by atoms with Crippen molar-refractivity contribution >= 4 is 23.3 Å². The molecule has 0 rings (SSSR count). The number of aliphatic carboxylic acids is 2. The Kier molecular flexibility index (Phi) is 19.4. The van der Waals surface area contributed by atoms with E-state index in [0.29, 0.717) is 0 Å². The zero-order valence-corrected chi connectivity index (χ0v) is 11.6. The van der Waals surface area contributed by atoms with Crippen LogP contribution in [-0.4, -0.2) is 37.5 Å². The van der Waals surface area contributed by atoms with E-state index in [1.54, 1.807) is 0 Å². The summed E-state index contributed by atoms with van der Waals surface area (Å²) in [4.78, 5) is 19.3.